The number of ether oxygens (including phenoxy) is 1. The molecule has 1 aliphatic heterocycles. The van der Waals surface area contributed by atoms with E-state index in [1.807, 2.05) is 6.07 Å². The van der Waals surface area contributed by atoms with Gasteiger partial charge in [-0.15, -0.1) is 0 Å². The molecule has 1 aromatic heterocycles. The molecule has 0 fully saturated rings. The molecule has 4 heteroatoms. The van der Waals surface area contributed by atoms with E-state index in [0.717, 1.165) is 46.6 Å². The zero-order valence-electron chi connectivity index (χ0n) is 12.9. The van der Waals surface area contributed by atoms with Crippen LogP contribution in [0.15, 0.2) is 22.6 Å². The summed E-state index contributed by atoms with van der Waals surface area (Å²) in [5, 5.41) is 1.07. The molecule has 4 rings (SSSR count). The summed E-state index contributed by atoms with van der Waals surface area (Å²) in [6.07, 6.45) is 3.93. The first-order valence-electron chi connectivity index (χ1n) is 7.69. The van der Waals surface area contributed by atoms with E-state index in [2.05, 4.69) is 31.1 Å². The second kappa shape index (κ2) is 4.99. The van der Waals surface area contributed by atoms with Gasteiger partial charge >= 0.3 is 0 Å². The number of ketones is 1. The maximum Gasteiger partial charge on any atom is 0.138 e. The van der Waals surface area contributed by atoms with Crippen LogP contribution in [0.3, 0.4) is 0 Å². The lowest BCUT2D eigenvalue weighted by Gasteiger charge is -2.21. The summed E-state index contributed by atoms with van der Waals surface area (Å²) in [7, 11) is 4.12. The Kier molecular flexibility index (Phi) is 3.08. The van der Waals surface area contributed by atoms with E-state index in [0.29, 0.717) is 25.2 Å². The average Bonchev–Trinajstić information content (AvgIpc) is 2.82. The van der Waals surface area contributed by atoms with Crippen LogP contribution in [0.2, 0.25) is 0 Å². The van der Waals surface area contributed by atoms with Crippen molar-refractivity contribution in [2.75, 3.05) is 27.2 Å². The van der Waals surface area contributed by atoms with Crippen molar-refractivity contribution in [3.63, 3.8) is 0 Å². The third-order valence-electron chi connectivity index (χ3n) is 4.38. The summed E-state index contributed by atoms with van der Waals surface area (Å²) in [6, 6.07) is 4.12. The highest BCUT2D eigenvalue weighted by Gasteiger charge is 2.25. The fraction of sp³-hybridized carbons (Fsp3) is 0.389. The van der Waals surface area contributed by atoms with Gasteiger partial charge in [-0.2, -0.15) is 0 Å². The van der Waals surface area contributed by atoms with Crippen molar-refractivity contribution in [3.8, 4) is 5.75 Å². The first-order chi connectivity index (χ1) is 10.6. The van der Waals surface area contributed by atoms with Crippen LogP contribution in [-0.2, 0) is 17.6 Å². The van der Waals surface area contributed by atoms with E-state index >= 15 is 0 Å². The van der Waals surface area contributed by atoms with Crippen LogP contribution in [0, 0.1) is 0 Å². The standard InChI is InChI=1S/C18H19NO3/c1-19(2)10-11-5-6-21-17-9-18-15(8-13(11)17)14-7-12(20)3-4-16(14)22-18/h5,8-9H,3-4,6-7,10H2,1-2H3. The Hall–Kier alpha value is -2.07. The molecule has 0 radical (unpaired) electrons. The predicted octanol–water partition coefficient (Wildman–Crippen LogP) is 2.83. The number of furan rings is 1. The number of Topliss-reactive ketones (excluding diaryl/α,β-unsaturated/α-hetero) is 1. The van der Waals surface area contributed by atoms with Crippen LogP contribution in [0.25, 0.3) is 16.5 Å². The van der Waals surface area contributed by atoms with Crippen LogP contribution in [0.5, 0.6) is 5.75 Å². The number of hydrogen-bond acceptors (Lipinski definition) is 4. The van der Waals surface area contributed by atoms with Crippen LogP contribution in [0.1, 0.15) is 23.3 Å². The summed E-state index contributed by atoms with van der Waals surface area (Å²) < 4.78 is 11.7. The minimum absolute atomic E-state index is 0.299. The van der Waals surface area contributed by atoms with E-state index in [1.165, 1.54) is 5.57 Å². The molecule has 0 saturated heterocycles. The van der Waals surface area contributed by atoms with Crippen molar-refractivity contribution < 1.29 is 13.9 Å². The van der Waals surface area contributed by atoms with Crippen LogP contribution >= 0.6 is 0 Å². The molecule has 0 atom stereocenters. The molecule has 0 N–H and O–H groups in total. The van der Waals surface area contributed by atoms with Gasteiger partial charge in [-0.1, -0.05) is 0 Å². The molecule has 2 aliphatic rings. The molecule has 4 nitrogen and oxygen atoms in total. The minimum Gasteiger partial charge on any atom is -0.489 e. The monoisotopic (exact) mass is 297 g/mol. The summed E-state index contributed by atoms with van der Waals surface area (Å²) in [4.78, 5) is 13.9. The summed E-state index contributed by atoms with van der Waals surface area (Å²) >= 11 is 0. The Balaban J connectivity index is 1.87. The second-order valence-electron chi connectivity index (χ2n) is 6.34. The summed E-state index contributed by atoms with van der Waals surface area (Å²) in [5.74, 6) is 2.15. The van der Waals surface area contributed by atoms with E-state index in [9.17, 15) is 4.79 Å². The topological polar surface area (TPSA) is 42.7 Å². The van der Waals surface area contributed by atoms with Gasteiger partial charge < -0.3 is 14.1 Å². The number of aryl methyl sites for hydroxylation is 1. The fourth-order valence-electron chi connectivity index (χ4n) is 3.36. The molecular weight excluding hydrogens is 278 g/mol. The normalized spacial score (nSPS) is 17.2. The van der Waals surface area contributed by atoms with Gasteiger partial charge in [-0.05, 0) is 31.8 Å². The molecule has 114 valence electrons. The third kappa shape index (κ3) is 2.15. The quantitative estimate of drug-likeness (QED) is 0.855. The molecule has 0 saturated carbocycles. The molecule has 0 unspecified atom stereocenters. The lowest BCUT2D eigenvalue weighted by molar-refractivity contribution is -0.118. The van der Waals surface area contributed by atoms with E-state index < -0.39 is 0 Å². The number of carbonyl (C=O) groups excluding carboxylic acids is 1. The zero-order valence-corrected chi connectivity index (χ0v) is 12.9. The Bertz CT molecular complexity index is 798. The Morgan fingerprint density at radius 2 is 2.09 bits per heavy atom. The largest absolute Gasteiger partial charge is 0.489 e. The second-order valence-corrected chi connectivity index (χ2v) is 6.34. The molecule has 22 heavy (non-hydrogen) atoms. The van der Waals surface area contributed by atoms with Crippen LogP contribution < -0.4 is 4.74 Å². The van der Waals surface area contributed by atoms with Gasteiger partial charge in [0, 0.05) is 48.4 Å². The third-order valence-corrected chi connectivity index (χ3v) is 4.38. The molecular formula is C18H19NO3. The lowest BCUT2D eigenvalue weighted by atomic mass is 9.93. The number of benzene rings is 1. The zero-order chi connectivity index (χ0) is 15.3. The van der Waals surface area contributed by atoms with Gasteiger partial charge in [0.1, 0.15) is 29.5 Å². The fourth-order valence-corrected chi connectivity index (χ4v) is 3.36. The first-order valence-corrected chi connectivity index (χ1v) is 7.69. The van der Waals surface area contributed by atoms with Crippen molar-refractivity contribution in [3.05, 3.63) is 35.1 Å². The molecule has 1 aromatic carbocycles. The van der Waals surface area contributed by atoms with Crippen molar-refractivity contribution in [1.29, 1.82) is 0 Å². The molecule has 0 amide bonds. The maximum absolute atomic E-state index is 11.8. The Morgan fingerprint density at radius 3 is 2.91 bits per heavy atom. The van der Waals surface area contributed by atoms with Gasteiger partial charge in [-0.3, -0.25) is 4.79 Å². The smallest absolute Gasteiger partial charge is 0.138 e. The van der Waals surface area contributed by atoms with Crippen molar-refractivity contribution in [1.82, 2.24) is 4.90 Å². The van der Waals surface area contributed by atoms with Gasteiger partial charge in [0.15, 0.2) is 0 Å². The van der Waals surface area contributed by atoms with Crippen LogP contribution in [0.4, 0.5) is 0 Å². The molecule has 0 spiro atoms. The number of fused-ring (bicyclic) bond motifs is 4. The lowest BCUT2D eigenvalue weighted by Crippen LogP contribution is -2.17. The van der Waals surface area contributed by atoms with Gasteiger partial charge in [0.05, 0.1) is 0 Å². The van der Waals surface area contributed by atoms with Gasteiger partial charge in [0.25, 0.3) is 0 Å². The molecule has 0 bridgehead atoms. The highest BCUT2D eigenvalue weighted by molar-refractivity contribution is 5.94. The highest BCUT2D eigenvalue weighted by atomic mass is 16.5. The molecule has 1 aliphatic carbocycles. The first kappa shape index (κ1) is 13.6. The number of likely N-dealkylation sites (N-methyl/N-ethyl adjacent to an activating group) is 1. The number of hydrogen-bond donors (Lipinski definition) is 0. The number of nitrogens with zero attached hydrogens (tertiary/aromatic N) is 1. The summed E-state index contributed by atoms with van der Waals surface area (Å²) in [6.45, 7) is 1.47. The number of carbonyl (C=O) groups is 1. The van der Waals surface area contributed by atoms with Crippen molar-refractivity contribution in [2.24, 2.45) is 0 Å². The van der Waals surface area contributed by atoms with Crippen molar-refractivity contribution >= 4 is 22.3 Å². The van der Waals surface area contributed by atoms with Crippen LogP contribution in [-0.4, -0.2) is 37.9 Å². The molecule has 2 heterocycles. The average molecular weight is 297 g/mol. The van der Waals surface area contributed by atoms with Gasteiger partial charge in [-0.25, -0.2) is 0 Å². The Morgan fingerprint density at radius 1 is 1.23 bits per heavy atom. The number of rotatable bonds is 2. The Labute approximate surface area is 129 Å². The highest BCUT2D eigenvalue weighted by Crippen LogP contribution is 2.38. The van der Waals surface area contributed by atoms with E-state index in [-0.39, 0.29) is 0 Å². The predicted molar refractivity (Wildman–Crippen MR) is 85.3 cm³/mol. The van der Waals surface area contributed by atoms with Crippen molar-refractivity contribution in [2.45, 2.75) is 19.3 Å². The minimum atomic E-state index is 0.299. The van der Waals surface area contributed by atoms with E-state index in [4.69, 9.17) is 9.15 Å². The van der Waals surface area contributed by atoms with E-state index in [1.54, 1.807) is 0 Å². The van der Waals surface area contributed by atoms with Gasteiger partial charge in [0.2, 0.25) is 0 Å². The SMILES string of the molecule is CN(C)CC1=CCOc2cc3oc4c(c3cc21)CC(=O)CC4. The maximum atomic E-state index is 11.8. The molecule has 2 aromatic rings. The summed E-state index contributed by atoms with van der Waals surface area (Å²) in [5.41, 5.74) is 4.30.